The number of nitrogens with one attached hydrogen (secondary N) is 2. The summed E-state index contributed by atoms with van der Waals surface area (Å²) in [6.07, 6.45) is 3.00. The zero-order chi connectivity index (χ0) is 19.5. The minimum atomic E-state index is 0.328. The normalized spacial score (nSPS) is 21.6. The van der Waals surface area contributed by atoms with Gasteiger partial charge in [0.05, 0.1) is 6.61 Å². The van der Waals surface area contributed by atoms with Crippen LogP contribution in [0.4, 0.5) is 0 Å². The molecule has 7 nitrogen and oxygen atoms in total. The summed E-state index contributed by atoms with van der Waals surface area (Å²) in [4.78, 5) is 4.45. The monoisotopic (exact) mass is 382 g/mol. The minimum Gasteiger partial charge on any atom is -0.493 e. The lowest BCUT2D eigenvalue weighted by atomic mass is 9.93. The van der Waals surface area contributed by atoms with Crippen molar-refractivity contribution in [2.75, 3.05) is 20.2 Å². The molecule has 150 valence electrons. The number of hydrogen-bond donors (Lipinski definition) is 2. The van der Waals surface area contributed by atoms with Gasteiger partial charge in [0.25, 0.3) is 0 Å². The largest absolute Gasteiger partial charge is 0.493 e. The molecule has 0 saturated carbocycles. The quantitative estimate of drug-likeness (QED) is 0.627. The molecule has 2 atom stereocenters. The van der Waals surface area contributed by atoms with E-state index in [1.807, 2.05) is 13.1 Å². The van der Waals surface area contributed by atoms with Gasteiger partial charge >= 0.3 is 0 Å². The topological polar surface area (TPSA) is 76.4 Å². The zero-order valence-electron chi connectivity index (χ0n) is 17.0. The third-order valence-electron chi connectivity index (χ3n) is 5.65. The maximum absolute atomic E-state index is 5.78. The van der Waals surface area contributed by atoms with Gasteiger partial charge in [-0.15, -0.1) is 10.2 Å². The molecule has 2 N–H and O–H groups in total. The lowest BCUT2D eigenvalue weighted by molar-refractivity contribution is 0.267. The van der Waals surface area contributed by atoms with Gasteiger partial charge in [0, 0.05) is 44.4 Å². The third kappa shape index (κ3) is 3.84. The van der Waals surface area contributed by atoms with Gasteiger partial charge in [-0.1, -0.05) is 32.0 Å². The van der Waals surface area contributed by atoms with Crippen molar-refractivity contribution in [3.05, 3.63) is 41.5 Å². The average molecular weight is 383 g/mol. The highest BCUT2D eigenvalue weighted by Crippen LogP contribution is 2.32. The van der Waals surface area contributed by atoms with Gasteiger partial charge < -0.3 is 19.9 Å². The van der Waals surface area contributed by atoms with Crippen molar-refractivity contribution in [1.29, 1.82) is 0 Å². The number of aryl methyl sites for hydroxylation is 1. The van der Waals surface area contributed by atoms with Crippen molar-refractivity contribution in [1.82, 2.24) is 25.4 Å². The van der Waals surface area contributed by atoms with E-state index in [1.165, 1.54) is 5.56 Å². The molecular weight excluding hydrogens is 352 g/mol. The van der Waals surface area contributed by atoms with Crippen LogP contribution in [0.1, 0.15) is 55.7 Å². The Kier molecular flexibility index (Phi) is 5.50. The second-order valence-corrected chi connectivity index (χ2v) is 7.94. The van der Waals surface area contributed by atoms with Crippen LogP contribution in [0.15, 0.2) is 29.3 Å². The van der Waals surface area contributed by atoms with E-state index < -0.39 is 0 Å². The lowest BCUT2D eigenvalue weighted by Gasteiger charge is -2.29. The van der Waals surface area contributed by atoms with Gasteiger partial charge in [-0.2, -0.15) is 0 Å². The van der Waals surface area contributed by atoms with E-state index in [0.717, 1.165) is 62.3 Å². The van der Waals surface area contributed by atoms with Crippen molar-refractivity contribution in [3.8, 4) is 5.75 Å². The van der Waals surface area contributed by atoms with Crippen LogP contribution in [-0.4, -0.2) is 47.0 Å². The number of aliphatic imine (C=N–C) groups is 1. The fourth-order valence-corrected chi connectivity index (χ4v) is 4.13. The van der Waals surface area contributed by atoms with Crippen molar-refractivity contribution >= 4 is 5.96 Å². The molecule has 0 bridgehead atoms. The second kappa shape index (κ2) is 8.20. The van der Waals surface area contributed by atoms with Gasteiger partial charge in [0.2, 0.25) is 0 Å². The summed E-state index contributed by atoms with van der Waals surface area (Å²) in [6.45, 7) is 6.84. The summed E-state index contributed by atoms with van der Waals surface area (Å²) in [6, 6.07) is 8.66. The number of hydrogen-bond acceptors (Lipinski definition) is 4. The molecule has 28 heavy (non-hydrogen) atoms. The van der Waals surface area contributed by atoms with Crippen LogP contribution in [-0.2, 0) is 13.0 Å². The van der Waals surface area contributed by atoms with Crippen LogP contribution in [0.2, 0.25) is 0 Å². The first-order valence-corrected chi connectivity index (χ1v) is 10.3. The van der Waals surface area contributed by atoms with Gasteiger partial charge in [-0.3, -0.25) is 4.99 Å². The van der Waals surface area contributed by atoms with E-state index in [4.69, 9.17) is 4.74 Å². The Morgan fingerprint density at radius 2 is 2.14 bits per heavy atom. The second-order valence-electron chi connectivity index (χ2n) is 7.94. The van der Waals surface area contributed by atoms with E-state index in [0.29, 0.717) is 17.9 Å². The Hall–Kier alpha value is -2.57. The van der Waals surface area contributed by atoms with E-state index in [-0.39, 0.29) is 0 Å². The summed E-state index contributed by atoms with van der Waals surface area (Å²) in [5, 5.41) is 15.9. The molecule has 3 heterocycles. The molecule has 0 aliphatic carbocycles. The molecule has 1 aromatic carbocycles. The highest BCUT2D eigenvalue weighted by Gasteiger charge is 2.25. The number of ether oxygens (including phenoxy) is 1. The van der Waals surface area contributed by atoms with Crippen LogP contribution in [0.25, 0.3) is 0 Å². The Morgan fingerprint density at radius 3 is 2.96 bits per heavy atom. The SMILES string of the molecule is CN=C(NCC1CCOc2ccccc21)NC1CCc2nnc(C(C)C)n2C1. The lowest BCUT2D eigenvalue weighted by Crippen LogP contribution is -2.48. The Labute approximate surface area is 166 Å². The van der Waals surface area contributed by atoms with Crippen LogP contribution >= 0.6 is 0 Å². The van der Waals surface area contributed by atoms with E-state index in [2.05, 4.69) is 62.4 Å². The highest BCUT2D eigenvalue weighted by atomic mass is 16.5. The average Bonchev–Trinajstić information content (AvgIpc) is 3.14. The van der Waals surface area contributed by atoms with Gasteiger partial charge in [0.15, 0.2) is 5.96 Å². The number of benzene rings is 1. The molecule has 0 saturated heterocycles. The van der Waals surface area contributed by atoms with Crippen molar-refractivity contribution in [3.63, 3.8) is 0 Å². The smallest absolute Gasteiger partial charge is 0.191 e. The summed E-state index contributed by atoms with van der Waals surface area (Å²) in [5.41, 5.74) is 1.28. The van der Waals surface area contributed by atoms with Gasteiger partial charge in [-0.25, -0.2) is 0 Å². The fourth-order valence-electron chi connectivity index (χ4n) is 4.13. The highest BCUT2D eigenvalue weighted by molar-refractivity contribution is 5.80. The number of rotatable bonds is 4. The number of aromatic nitrogens is 3. The summed E-state index contributed by atoms with van der Waals surface area (Å²) < 4.78 is 8.05. The molecule has 2 unspecified atom stereocenters. The number of para-hydroxylation sites is 1. The standard InChI is InChI=1S/C21H30N6O/c1-14(2)20-26-25-19-9-8-16(13-27(19)20)24-21(22-3)23-12-15-10-11-28-18-7-5-4-6-17(15)18/h4-7,14-16H,8-13H2,1-3H3,(H2,22,23,24). The Bertz CT molecular complexity index is 843. The summed E-state index contributed by atoms with van der Waals surface area (Å²) in [7, 11) is 1.83. The molecule has 1 aromatic heterocycles. The summed E-state index contributed by atoms with van der Waals surface area (Å²) >= 11 is 0. The third-order valence-corrected chi connectivity index (χ3v) is 5.65. The van der Waals surface area contributed by atoms with Crippen LogP contribution in [0, 0.1) is 0 Å². The first-order valence-electron chi connectivity index (χ1n) is 10.3. The fraction of sp³-hybridized carbons (Fsp3) is 0.571. The van der Waals surface area contributed by atoms with E-state index in [1.54, 1.807) is 0 Å². The van der Waals surface area contributed by atoms with E-state index in [9.17, 15) is 0 Å². The van der Waals surface area contributed by atoms with Crippen molar-refractivity contribution in [2.24, 2.45) is 4.99 Å². The van der Waals surface area contributed by atoms with Gasteiger partial charge in [0.1, 0.15) is 17.4 Å². The molecule has 0 radical (unpaired) electrons. The van der Waals surface area contributed by atoms with Crippen LogP contribution in [0.3, 0.4) is 0 Å². The van der Waals surface area contributed by atoms with Crippen LogP contribution < -0.4 is 15.4 Å². The number of guanidine groups is 1. The zero-order valence-corrected chi connectivity index (χ0v) is 17.0. The van der Waals surface area contributed by atoms with Crippen molar-refractivity contribution in [2.45, 2.75) is 57.5 Å². The first kappa shape index (κ1) is 18.8. The molecule has 4 rings (SSSR count). The Morgan fingerprint density at radius 1 is 1.29 bits per heavy atom. The molecule has 7 heteroatoms. The predicted octanol–water partition coefficient (Wildman–Crippen LogP) is 2.45. The molecular formula is C21H30N6O. The number of fused-ring (bicyclic) bond motifs is 2. The maximum Gasteiger partial charge on any atom is 0.191 e. The van der Waals surface area contributed by atoms with Crippen molar-refractivity contribution < 1.29 is 4.74 Å². The predicted molar refractivity (Wildman–Crippen MR) is 110 cm³/mol. The van der Waals surface area contributed by atoms with E-state index >= 15 is 0 Å². The summed E-state index contributed by atoms with van der Waals surface area (Å²) in [5.74, 6) is 4.86. The minimum absolute atomic E-state index is 0.328. The number of nitrogens with zero attached hydrogens (tertiary/aromatic N) is 4. The molecule has 2 aromatic rings. The van der Waals surface area contributed by atoms with Crippen LogP contribution in [0.5, 0.6) is 5.75 Å². The maximum atomic E-state index is 5.78. The molecule has 0 fully saturated rings. The Balaban J connectivity index is 1.37. The van der Waals surface area contributed by atoms with Gasteiger partial charge in [-0.05, 0) is 24.5 Å². The molecule has 2 aliphatic rings. The molecule has 2 aliphatic heterocycles. The first-order chi connectivity index (χ1) is 13.7. The molecule has 0 amide bonds. The molecule has 0 spiro atoms.